The summed E-state index contributed by atoms with van der Waals surface area (Å²) in [5.41, 5.74) is 0. The summed E-state index contributed by atoms with van der Waals surface area (Å²) < 4.78 is 16.8. The summed E-state index contributed by atoms with van der Waals surface area (Å²) in [6.45, 7) is 6.47. The molecule has 1 unspecified atom stereocenters. The van der Waals surface area contributed by atoms with E-state index in [4.69, 9.17) is 14.2 Å². The number of carbonyl (C=O) groups is 3. The molecular formula is C63H108O6. The molecule has 0 bridgehead atoms. The van der Waals surface area contributed by atoms with Crippen molar-refractivity contribution in [3.8, 4) is 0 Å². The van der Waals surface area contributed by atoms with Gasteiger partial charge in [0.25, 0.3) is 0 Å². The van der Waals surface area contributed by atoms with Crippen LogP contribution in [0.5, 0.6) is 0 Å². The van der Waals surface area contributed by atoms with Crippen LogP contribution in [-0.4, -0.2) is 37.2 Å². The molecule has 0 N–H and O–H groups in total. The van der Waals surface area contributed by atoms with Gasteiger partial charge in [0.05, 0.1) is 0 Å². The van der Waals surface area contributed by atoms with E-state index >= 15 is 0 Å². The van der Waals surface area contributed by atoms with Crippen molar-refractivity contribution >= 4 is 17.9 Å². The first-order chi connectivity index (χ1) is 34.0. The van der Waals surface area contributed by atoms with Gasteiger partial charge in [-0.05, 0) is 77.0 Å². The molecule has 6 heteroatoms. The molecule has 0 aliphatic rings. The Morgan fingerprint density at radius 1 is 0.319 bits per heavy atom. The summed E-state index contributed by atoms with van der Waals surface area (Å²) in [4.78, 5) is 38.2. The first-order valence-corrected chi connectivity index (χ1v) is 29.1. The van der Waals surface area contributed by atoms with Gasteiger partial charge in [0.15, 0.2) is 6.10 Å². The second-order valence-electron chi connectivity index (χ2n) is 19.3. The van der Waals surface area contributed by atoms with Gasteiger partial charge in [-0.2, -0.15) is 0 Å². The summed E-state index contributed by atoms with van der Waals surface area (Å²) in [6.07, 6.45) is 74.3. The zero-order chi connectivity index (χ0) is 50.0. The normalized spacial score (nSPS) is 12.7. The second kappa shape index (κ2) is 57.2. The molecule has 6 nitrogen and oxygen atoms in total. The van der Waals surface area contributed by atoms with E-state index in [1.165, 1.54) is 122 Å². The summed E-state index contributed by atoms with van der Waals surface area (Å²) in [6, 6.07) is 0. The summed E-state index contributed by atoms with van der Waals surface area (Å²) in [7, 11) is 0. The molecule has 0 aliphatic carbocycles. The summed E-state index contributed by atoms with van der Waals surface area (Å²) >= 11 is 0. The molecule has 396 valence electrons. The van der Waals surface area contributed by atoms with Crippen molar-refractivity contribution in [3.63, 3.8) is 0 Å². The van der Waals surface area contributed by atoms with E-state index in [0.29, 0.717) is 19.3 Å². The molecule has 0 amide bonds. The molecule has 0 aromatic heterocycles. The summed E-state index contributed by atoms with van der Waals surface area (Å²) in [5, 5.41) is 0. The first-order valence-electron chi connectivity index (χ1n) is 29.1. The van der Waals surface area contributed by atoms with Crippen molar-refractivity contribution in [2.75, 3.05) is 13.2 Å². The van der Waals surface area contributed by atoms with Crippen molar-refractivity contribution in [2.45, 2.75) is 284 Å². The van der Waals surface area contributed by atoms with Crippen LogP contribution in [0.1, 0.15) is 278 Å². The highest BCUT2D eigenvalue weighted by molar-refractivity contribution is 5.71. The quantitative estimate of drug-likeness (QED) is 0.0199. The lowest BCUT2D eigenvalue weighted by Gasteiger charge is -2.18. The average molecular weight is 962 g/mol. The van der Waals surface area contributed by atoms with Crippen LogP contribution in [0.4, 0.5) is 0 Å². The molecular weight excluding hydrogens is 853 g/mol. The maximum Gasteiger partial charge on any atom is 0.306 e. The Morgan fingerprint density at radius 3 is 1.04 bits per heavy atom. The lowest BCUT2D eigenvalue weighted by molar-refractivity contribution is -0.167. The highest BCUT2D eigenvalue weighted by Gasteiger charge is 2.19. The van der Waals surface area contributed by atoms with Crippen LogP contribution in [0, 0.1) is 0 Å². The van der Waals surface area contributed by atoms with Gasteiger partial charge in [0, 0.05) is 19.3 Å². The van der Waals surface area contributed by atoms with Crippen LogP contribution >= 0.6 is 0 Å². The topological polar surface area (TPSA) is 78.9 Å². The van der Waals surface area contributed by atoms with Crippen molar-refractivity contribution in [2.24, 2.45) is 0 Å². The van der Waals surface area contributed by atoms with Crippen molar-refractivity contribution in [3.05, 3.63) is 85.1 Å². The largest absolute Gasteiger partial charge is 0.462 e. The van der Waals surface area contributed by atoms with Gasteiger partial charge in [-0.25, -0.2) is 0 Å². The Kier molecular flexibility index (Phi) is 54.3. The molecule has 0 aromatic rings. The molecule has 0 fully saturated rings. The SMILES string of the molecule is CC/C=C\C/C=C\C/C=C\CCCCCCC(=O)OCC(COC(=O)CCCCCCCCCCCCCCCCCCCCC)OC(=O)CCCCCCC\C=C/C=C\C=C/C=C\CCCCC. The lowest BCUT2D eigenvalue weighted by atomic mass is 10.0. The number of allylic oxidation sites excluding steroid dienone is 14. The van der Waals surface area contributed by atoms with Crippen LogP contribution in [-0.2, 0) is 28.6 Å². The van der Waals surface area contributed by atoms with Crippen LogP contribution in [0.15, 0.2) is 85.1 Å². The predicted molar refractivity (Wildman–Crippen MR) is 297 cm³/mol. The molecule has 0 heterocycles. The Balaban J connectivity index is 4.43. The summed E-state index contributed by atoms with van der Waals surface area (Å²) in [5.74, 6) is -0.930. The fourth-order valence-corrected chi connectivity index (χ4v) is 8.12. The van der Waals surface area contributed by atoms with Gasteiger partial charge in [-0.3, -0.25) is 14.4 Å². The minimum atomic E-state index is -0.798. The van der Waals surface area contributed by atoms with Gasteiger partial charge in [-0.15, -0.1) is 0 Å². The molecule has 0 radical (unpaired) electrons. The van der Waals surface area contributed by atoms with E-state index in [0.717, 1.165) is 116 Å². The number of carbonyl (C=O) groups excluding carboxylic acids is 3. The zero-order valence-electron chi connectivity index (χ0n) is 45.3. The van der Waals surface area contributed by atoms with Gasteiger partial charge in [-0.1, -0.05) is 266 Å². The zero-order valence-corrected chi connectivity index (χ0v) is 45.3. The van der Waals surface area contributed by atoms with Crippen molar-refractivity contribution in [1.82, 2.24) is 0 Å². The molecule has 0 saturated carbocycles. The third kappa shape index (κ3) is 55.4. The van der Waals surface area contributed by atoms with Gasteiger partial charge < -0.3 is 14.2 Å². The van der Waals surface area contributed by atoms with Crippen LogP contribution in [0.2, 0.25) is 0 Å². The smallest absolute Gasteiger partial charge is 0.306 e. The minimum Gasteiger partial charge on any atom is -0.462 e. The van der Waals surface area contributed by atoms with E-state index in [1.807, 2.05) is 0 Å². The number of esters is 3. The maximum atomic E-state index is 12.9. The van der Waals surface area contributed by atoms with E-state index in [-0.39, 0.29) is 31.1 Å². The van der Waals surface area contributed by atoms with Gasteiger partial charge in [0.1, 0.15) is 13.2 Å². The number of unbranched alkanes of at least 4 members (excludes halogenated alkanes) is 30. The molecule has 0 saturated heterocycles. The number of hydrogen-bond donors (Lipinski definition) is 0. The monoisotopic (exact) mass is 961 g/mol. The van der Waals surface area contributed by atoms with Gasteiger partial charge in [0.2, 0.25) is 0 Å². The Bertz CT molecular complexity index is 1330. The molecule has 0 spiro atoms. The minimum absolute atomic E-state index is 0.0919. The van der Waals surface area contributed by atoms with Gasteiger partial charge >= 0.3 is 17.9 Å². The predicted octanol–water partition coefficient (Wildman–Crippen LogP) is 19.5. The lowest BCUT2D eigenvalue weighted by Crippen LogP contribution is -2.30. The third-order valence-corrected chi connectivity index (χ3v) is 12.5. The molecule has 1 atom stereocenters. The number of ether oxygens (including phenoxy) is 3. The molecule has 0 aromatic carbocycles. The van der Waals surface area contributed by atoms with Crippen LogP contribution in [0.25, 0.3) is 0 Å². The Labute approximate surface area is 426 Å². The Hall–Kier alpha value is -3.41. The standard InChI is InChI=1S/C63H108O6/c1-4-7-10-13-16-19-22-25-28-30-32-34-35-38-41-44-47-50-53-56-62(65)68-59-60(58-67-61(64)55-52-49-46-43-40-37-27-24-21-18-15-12-9-6-3)69-63(66)57-54-51-48-45-42-39-36-33-31-29-26-23-20-17-14-11-8-5-2/h9,12,17-18,20-21,23,26-27,29,31,33,36-37,60H,4-8,10-11,13-16,19,22,24-25,28,30,32,34-35,38-59H2,1-3H3/b12-9-,20-17-,21-18-,26-23-,31-29-,36-33-,37-27-. The molecule has 0 rings (SSSR count). The second-order valence-corrected chi connectivity index (χ2v) is 19.3. The fraction of sp³-hybridized carbons (Fsp3) is 0.730. The number of hydrogen-bond acceptors (Lipinski definition) is 6. The van der Waals surface area contributed by atoms with Crippen molar-refractivity contribution in [1.29, 1.82) is 0 Å². The van der Waals surface area contributed by atoms with Crippen LogP contribution in [0.3, 0.4) is 0 Å². The molecule has 69 heavy (non-hydrogen) atoms. The van der Waals surface area contributed by atoms with E-state index in [2.05, 4.69) is 106 Å². The fourth-order valence-electron chi connectivity index (χ4n) is 8.12. The van der Waals surface area contributed by atoms with E-state index in [9.17, 15) is 14.4 Å². The van der Waals surface area contributed by atoms with Crippen molar-refractivity contribution < 1.29 is 28.6 Å². The average Bonchev–Trinajstić information content (AvgIpc) is 3.35. The Morgan fingerprint density at radius 2 is 0.623 bits per heavy atom. The highest BCUT2D eigenvalue weighted by atomic mass is 16.6. The maximum absolute atomic E-state index is 12.9. The third-order valence-electron chi connectivity index (χ3n) is 12.5. The van der Waals surface area contributed by atoms with E-state index < -0.39 is 6.10 Å². The first kappa shape index (κ1) is 65.6. The van der Waals surface area contributed by atoms with Crippen LogP contribution < -0.4 is 0 Å². The molecule has 0 aliphatic heterocycles. The highest BCUT2D eigenvalue weighted by Crippen LogP contribution is 2.16. The van der Waals surface area contributed by atoms with E-state index in [1.54, 1.807) is 0 Å². The number of rotatable bonds is 52.